The summed E-state index contributed by atoms with van der Waals surface area (Å²) in [6, 6.07) is 6.85. The highest BCUT2D eigenvalue weighted by Crippen LogP contribution is 2.30. The van der Waals surface area contributed by atoms with E-state index in [0.717, 1.165) is 24.2 Å². The predicted octanol–water partition coefficient (Wildman–Crippen LogP) is 4.34. The molecule has 0 radical (unpaired) electrons. The maximum atomic E-state index is 12.4. The van der Waals surface area contributed by atoms with Crippen molar-refractivity contribution in [1.82, 2.24) is 4.98 Å². The average molecular weight is 372 g/mol. The highest BCUT2D eigenvalue weighted by molar-refractivity contribution is 7.94. The first-order chi connectivity index (χ1) is 11.0. The lowest BCUT2D eigenvalue weighted by atomic mass is 9.95. The van der Waals surface area contributed by atoms with Gasteiger partial charge in [-0.25, -0.2) is 13.4 Å². The number of thiophene rings is 1. The van der Waals surface area contributed by atoms with Crippen molar-refractivity contribution in [3.05, 3.63) is 34.8 Å². The fourth-order valence-corrected chi connectivity index (χ4v) is 5.23. The van der Waals surface area contributed by atoms with E-state index in [1.807, 2.05) is 0 Å². The van der Waals surface area contributed by atoms with Crippen LogP contribution in [0.1, 0.15) is 32.1 Å². The van der Waals surface area contributed by atoms with Crippen LogP contribution in [0.15, 0.2) is 34.7 Å². The molecule has 2 aromatic heterocycles. The summed E-state index contributed by atoms with van der Waals surface area (Å²) < 4.78 is 28.1. The zero-order chi connectivity index (χ0) is 16.3. The smallest absolute Gasteiger partial charge is 0.271 e. The van der Waals surface area contributed by atoms with Crippen molar-refractivity contribution < 1.29 is 8.42 Å². The third-order valence-electron chi connectivity index (χ3n) is 3.81. The van der Waals surface area contributed by atoms with Gasteiger partial charge in [-0.15, -0.1) is 11.3 Å². The van der Waals surface area contributed by atoms with Crippen molar-refractivity contribution in [3.8, 4) is 0 Å². The fourth-order valence-electron chi connectivity index (χ4n) is 2.68. The Labute approximate surface area is 145 Å². The van der Waals surface area contributed by atoms with E-state index in [1.165, 1.54) is 25.3 Å². The lowest BCUT2D eigenvalue weighted by Gasteiger charge is -2.24. The van der Waals surface area contributed by atoms with E-state index in [-0.39, 0.29) is 4.21 Å². The third kappa shape index (κ3) is 4.16. The molecule has 23 heavy (non-hydrogen) atoms. The van der Waals surface area contributed by atoms with Crippen molar-refractivity contribution in [3.63, 3.8) is 0 Å². The summed E-state index contributed by atoms with van der Waals surface area (Å²) in [5.41, 5.74) is 0.461. The Morgan fingerprint density at radius 2 is 1.96 bits per heavy atom. The van der Waals surface area contributed by atoms with Crippen LogP contribution >= 0.6 is 22.9 Å². The summed E-state index contributed by atoms with van der Waals surface area (Å²) in [6.07, 6.45) is 7.48. The van der Waals surface area contributed by atoms with E-state index >= 15 is 0 Å². The van der Waals surface area contributed by atoms with Crippen LogP contribution in [0.4, 0.5) is 11.5 Å². The highest BCUT2D eigenvalue weighted by Gasteiger charge is 2.20. The second kappa shape index (κ2) is 7.07. The number of sulfonamides is 1. The Kier molecular flexibility index (Phi) is 5.08. The summed E-state index contributed by atoms with van der Waals surface area (Å²) in [7, 11) is -3.65. The Hall–Kier alpha value is -1.31. The normalized spacial score (nSPS) is 16.2. The van der Waals surface area contributed by atoms with Gasteiger partial charge >= 0.3 is 0 Å². The van der Waals surface area contributed by atoms with Gasteiger partial charge in [0.15, 0.2) is 5.82 Å². The summed E-state index contributed by atoms with van der Waals surface area (Å²) in [5, 5.41) is 3.37. The number of anilines is 2. The molecule has 2 heterocycles. The van der Waals surface area contributed by atoms with Crippen molar-refractivity contribution in [2.45, 2.75) is 42.4 Å². The maximum Gasteiger partial charge on any atom is 0.271 e. The Morgan fingerprint density at radius 1 is 1.17 bits per heavy atom. The molecule has 1 saturated carbocycles. The second-order valence-electron chi connectivity index (χ2n) is 5.54. The number of hydrogen-bond donors (Lipinski definition) is 2. The van der Waals surface area contributed by atoms with E-state index in [1.54, 1.807) is 24.4 Å². The fraction of sp³-hybridized carbons (Fsp3) is 0.400. The minimum Gasteiger partial charge on any atom is -0.366 e. The van der Waals surface area contributed by atoms with Crippen LogP contribution in [0.3, 0.4) is 0 Å². The van der Waals surface area contributed by atoms with Crippen LogP contribution in [-0.2, 0) is 10.0 Å². The van der Waals surface area contributed by atoms with E-state index in [4.69, 9.17) is 11.6 Å². The van der Waals surface area contributed by atoms with Crippen molar-refractivity contribution in [1.29, 1.82) is 0 Å². The molecule has 0 aromatic carbocycles. The standard InChI is InChI=1S/C15H18ClN3O2S2/c16-13-8-9-14(22-13)23(20,21)19-12-7-4-10-17-15(12)18-11-5-2-1-3-6-11/h4,7-11,19H,1-3,5-6H2,(H,17,18). The van der Waals surface area contributed by atoms with Gasteiger partial charge in [-0.2, -0.15) is 0 Å². The number of aromatic nitrogens is 1. The Balaban J connectivity index is 1.80. The Bertz CT molecular complexity index is 771. The molecule has 2 N–H and O–H groups in total. The molecule has 0 atom stereocenters. The average Bonchev–Trinajstić information content (AvgIpc) is 2.98. The quantitative estimate of drug-likeness (QED) is 0.820. The molecule has 0 aliphatic heterocycles. The zero-order valence-corrected chi connectivity index (χ0v) is 14.8. The largest absolute Gasteiger partial charge is 0.366 e. The van der Waals surface area contributed by atoms with E-state index < -0.39 is 10.0 Å². The summed E-state index contributed by atoms with van der Waals surface area (Å²) >= 11 is 6.86. The predicted molar refractivity (Wildman–Crippen MR) is 94.9 cm³/mol. The van der Waals surface area contributed by atoms with E-state index in [2.05, 4.69) is 15.0 Å². The summed E-state index contributed by atoms with van der Waals surface area (Å²) in [4.78, 5) is 4.30. The molecule has 5 nitrogen and oxygen atoms in total. The van der Waals surface area contributed by atoms with Crippen molar-refractivity contribution in [2.75, 3.05) is 10.0 Å². The molecule has 1 aliphatic carbocycles. The Morgan fingerprint density at radius 3 is 2.65 bits per heavy atom. The van der Waals surface area contributed by atoms with Gasteiger partial charge in [-0.1, -0.05) is 30.9 Å². The number of hydrogen-bond acceptors (Lipinski definition) is 5. The molecule has 124 valence electrons. The molecule has 2 aromatic rings. The van der Waals surface area contributed by atoms with Crippen LogP contribution in [0.25, 0.3) is 0 Å². The number of nitrogens with zero attached hydrogens (tertiary/aromatic N) is 1. The van der Waals surface area contributed by atoms with E-state index in [0.29, 0.717) is 21.9 Å². The van der Waals surface area contributed by atoms with Gasteiger partial charge in [0.1, 0.15) is 4.21 Å². The van der Waals surface area contributed by atoms with Gasteiger partial charge in [0.05, 0.1) is 10.0 Å². The van der Waals surface area contributed by atoms with Gasteiger partial charge in [0, 0.05) is 12.2 Å². The van der Waals surface area contributed by atoms with E-state index in [9.17, 15) is 8.42 Å². The first kappa shape index (κ1) is 16.5. The highest BCUT2D eigenvalue weighted by atomic mass is 35.5. The van der Waals surface area contributed by atoms with Gasteiger partial charge in [-0.3, -0.25) is 4.72 Å². The molecule has 0 amide bonds. The van der Waals surface area contributed by atoms with Crippen LogP contribution in [-0.4, -0.2) is 19.4 Å². The number of nitrogens with one attached hydrogen (secondary N) is 2. The minimum absolute atomic E-state index is 0.190. The third-order valence-corrected chi connectivity index (χ3v) is 6.90. The topological polar surface area (TPSA) is 71.1 Å². The maximum absolute atomic E-state index is 12.4. The molecular weight excluding hydrogens is 354 g/mol. The molecule has 0 bridgehead atoms. The molecule has 0 unspecified atom stereocenters. The molecule has 3 rings (SSSR count). The molecule has 0 spiro atoms. The first-order valence-corrected chi connectivity index (χ1v) is 10.2. The number of rotatable bonds is 5. The van der Waals surface area contributed by atoms with Crippen LogP contribution in [0.2, 0.25) is 4.34 Å². The molecular formula is C15H18ClN3O2S2. The SMILES string of the molecule is O=S(=O)(Nc1cccnc1NC1CCCCC1)c1ccc(Cl)s1. The van der Waals surface area contributed by atoms with Gasteiger partial charge < -0.3 is 5.32 Å². The first-order valence-electron chi connectivity index (χ1n) is 7.54. The monoisotopic (exact) mass is 371 g/mol. The van der Waals surface area contributed by atoms with Crippen LogP contribution in [0.5, 0.6) is 0 Å². The molecule has 1 fully saturated rings. The lowest BCUT2D eigenvalue weighted by Crippen LogP contribution is -2.24. The molecule has 8 heteroatoms. The lowest BCUT2D eigenvalue weighted by molar-refractivity contribution is 0.462. The summed E-state index contributed by atoms with van der Waals surface area (Å²) in [6.45, 7) is 0. The number of pyridine rings is 1. The van der Waals surface area contributed by atoms with Crippen molar-refractivity contribution in [2.24, 2.45) is 0 Å². The van der Waals surface area contributed by atoms with Crippen molar-refractivity contribution >= 4 is 44.5 Å². The minimum atomic E-state index is -3.65. The zero-order valence-electron chi connectivity index (χ0n) is 12.5. The molecule has 0 saturated heterocycles. The molecule has 1 aliphatic rings. The van der Waals surface area contributed by atoms with Crippen LogP contribution in [0, 0.1) is 0 Å². The number of halogens is 1. The van der Waals surface area contributed by atoms with Gasteiger partial charge in [0.25, 0.3) is 10.0 Å². The second-order valence-corrected chi connectivity index (χ2v) is 9.17. The van der Waals surface area contributed by atoms with Crippen LogP contribution < -0.4 is 10.0 Å². The van der Waals surface area contributed by atoms with Gasteiger partial charge in [-0.05, 0) is 37.1 Å². The summed E-state index contributed by atoms with van der Waals surface area (Å²) in [5.74, 6) is 0.575. The van der Waals surface area contributed by atoms with Gasteiger partial charge in [0.2, 0.25) is 0 Å².